The van der Waals surface area contributed by atoms with Crippen LogP contribution >= 0.6 is 11.6 Å². The lowest BCUT2D eigenvalue weighted by Crippen LogP contribution is -1.98. The topological polar surface area (TPSA) is 76.0 Å². The molecule has 2 N–H and O–H groups in total. The monoisotopic (exact) mass is 308 g/mol. The number of aromatic carboxylic acids is 1. The second-order valence-electron chi connectivity index (χ2n) is 4.19. The molecule has 0 spiro atoms. The van der Waals surface area contributed by atoms with E-state index in [4.69, 9.17) is 31.3 Å². The van der Waals surface area contributed by atoms with Gasteiger partial charge in [-0.2, -0.15) is 0 Å². The van der Waals surface area contributed by atoms with Crippen molar-refractivity contribution in [1.29, 1.82) is 0 Å². The second-order valence-corrected chi connectivity index (χ2v) is 4.60. The fraction of sp³-hybridized carbons (Fsp3) is 0.133. The largest absolute Gasteiger partial charge is 0.493 e. The van der Waals surface area contributed by atoms with E-state index in [1.807, 2.05) is 0 Å². The minimum atomic E-state index is -1.10. The fourth-order valence-corrected chi connectivity index (χ4v) is 2.01. The van der Waals surface area contributed by atoms with Crippen molar-refractivity contribution in [3.05, 3.63) is 52.5 Å². The van der Waals surface area contributed by atoms with E-state index in [-0.39, 0.29) is 17.2 Å². The van der Waals surface area contributed by atoms with Crippen molar-refractivity contribution < 1.29 is 24.5 Å². The molecule has 0 aromatic heterocycles. The molecular weight excluding hydrogens is 296 g/mol. The smallest absolute Gasteiger partial charge is 0.337 e. The highest BCUT2D eigenvalue weighted by molar-refractivity contribution is 6.33. The van der Waals surface area contributed by atoms with Crippen LogP contribution in [-0.2, 0) is 6.61 Å². The highest BCUT2D eigenvalue weighted by Gasteiger charge is 2.11. The third-order valence-corrected chi connectivity index (χ3v) is 3.12. The molecule has 0 saturated heterocycles. The van der Waals surface area contributed by atoms with Crippen LogP contribution in [0.2, 0.25) is 5.02 Å². The van der Waals surface area contributed by atoms with Crippen molar-refractivity contribution >= 4 is 17.6 Å². The Labute approximate surface area is 126 Å². The Morgan fingerprint density at radius 2 is 1.95 bits per heavy atom. The number of carbonyl (C=O) groups is 1. The number of aliphatic hydroxyl groups excluding tert-OH is 1. The summed E-state index contributed by atoms with van der Waals surface area (Å²) in [6.07, 6.45) is 0. The van der Waals surface area contributed by atoms with Crippen molar-refractivity contribution in [1.82, 2.24) is 0 Å². The van der Waals surface area contributed by atoms with Crippen LogP contribution in [0.15, 0.2) is 36.4 Å². The van der Waals surface area contributed by atoms with Crippen LogP contribution in [0.25, 0.3) is 0 Å². The van der Waals surface area contributed by atoms with Crippen LogP contribution < -0.4 is 9.47 Å². The molecule has 2 aromatic rings. The minimum Gasteiger partial charge on any atom is -0.493 e. The molecular formula is C15H13ClO5. The zero-order chi connectivity index (χ0) is 15.4. The molecule has 5 nitrogen and oxygen atoms in total. The van der Waals surface area contributed by atoms with Crippen LogP contribution in [0.1, 0.15) is 15.9 Å². The number of carboxylic acids is 1. The summed E-state index contributed by atoms with van der Waals surface area (Å²) in [6, 6.07) is 9.31. The Bertz CT molecular complexity index is 669. The maximum atomic E-state index is 10.9. The Morgan fingerprint density at radius 1 is 1.19 bits per heavy atom. The van der Waals surface area contributed by atoms with Crippen LogP contribution in [-0.4, -0.2) is 23.3 Å². The zero-order valence-corrected chi connectivity index (χ0v) is 11.9. The minimum absolute atomic E-state index is 0.00612. The predicted molar refractivity (Wildman–Crippen MR) is 77.4 cm³/mol. The molecule has 110 valence electrons. The van der Waals surface area contributed by atoms with Gasteiger partial charge >= 0.3 is 5.97 Å². The summed E-state index contributed by atoms with van der Waals surface area (Å²) in [5.74, 6) is 0.185. The first kappa shape index (κ1) is 15.2. The molecule has 0 fully saturated rings. The van der Waals surface area contributed by atoms with Crippen molar-refractivity contribution in [2.75, 3.05) is 7.11 Å². The molecule has 0 aliphatic rings. The number of halogens is 1. The number of hydrogen-bond donors (Lipinski definition) is 2. The second kappa shape index (κ2) is 6.47. The van der Waals surface area contributed by atoms with Gasteiger partial charge in [-0.25, -0.2) is 4.79 Å². The molecule has 0 unspecified atom stereocenters. The van der Waals surface area contributed by atoms with Crippen LogP contribution in [0.5, 0.6) is 17.2 Å². The van der Waals surface area contributed by atoms with E-state index in [0.717, 1.165) is 0 Å². The average Bonchev–Trinajstić information content (AvgIpc) is 2.47. The molecule has 0 atom stereocenters. The molecule has 0 bridgehead atoms. The van der Waals surface area contributed by atoms with Gasteiger partial charge in [-0.05, 0) is 29.8 Å². The summed E-state index contributed by atoms with van der Waals surface area (Å²) >= 11 is 5.89. The molecule has 21 heavy (non-hydrogen) atoms. The van der Waals surface area contributed by atoms with Crippen LogP contribution in [0.4, 0.5) is 0 Å². The van der Waals surface area contributed by atoms with E-state index >= 15 is 0 Å². The number of aliphatic hydroxyl groups is 1. The summed E-state index contributed by atoms with van der Waals surface area (Å²) < 4.78 is 10.8. The Hall–Kier alpha value is -2.24. The van der Waals surface area contributed by atoms with Gasteiger partial charge in [0, 0.05) is 6.07 Å². The summed E-state index contributed by atoms with van der Waals surface area (Å²) in [5, 5.41) is 18.1. The lowest BCUT2D eigenvalue weighted by Gasteiger charge is -2.12. The van der Waals surface area contributed by atoms with Crippen molar-refractivity contribution in [3.63, 3.8) is 0 Å². The van der Waals surface area contributed by atoms with Gasteiger partial charge in [-0.3, -0.25) is 0 Å². The molecule has 0 aliphatic heterocycles. The SMILES string of the molecule is COc1cc(CO)ccc1Oc1ccc(C(=O)O)c(Cl)c1. The molecule has 2 aromatic carbocycles. The zero-order valence-electron chi connectivity index (χ0n) is 11.2. The first-order valence-corrected chi connectivity index (χ1v) is 6.41. The number of ether oxygens (including phenoxy) is 2. The van der Waals surface area contributed by atoms with Crippen molar-refractivity contribution in [3.8, 4) is 17.2 Å². The van der Waals surface area contributed by atoms with Gasteiger partial charge in [0.25, 0.3) is 0 Å². The first-order chi connectivity index (χ1) is 10.0. The summed E-state index contributed by atoms with van der Waals surface area (Å²) in [7, 11) is 1.49. The van der Waals surface area contributed by atoms with Gasteiger partial charge in [0.2, 0.25) is 0 Å². The normalized spacial score (nSPS) is 10.2. The third kappa shape index (κ3) is 3.45. The van der Waals surface area contributed by atoms with Crippen molar-refractivity contribution in [2.45, 2.75) is 6.61 Å². The maximum Gasteiger partial charge on any atom is 0.337 e. The van der Waals surface area contributed by atoms with Gasteiger partial charge in [0.15, 0.2) is 11.5 Å². The number of hydrogen-bond acceptors (Lipinski definition) is 4. The molecule has 2 rings (SSSR count). The highest BCUT2D eigenvalue weighted by atomic mass is 35.5. The molecule has 0 aliphatic carbocycles. The lowest BCUT2D eigenvalue weighted by atomic mass is 10.2. The highest BCUT2D eigenvalue weighted by Crippen LogP contribution is 2.33. The molecule has 0 amide bonds. The van der Waals surface area contributed by atoms with E-state index in [0.29, 0.717) is 22.8 Å². The number of benzene rings is 2. The Balaban J connectivity index is 2.30. The van der Waals surface area contributed by atoms with E-state index < -0.39 is 5.97 Å². The van der Waals surface area contributed by atoms with E-state index in [1.54, 1.807) is 18.2 Å². The van der Waals surface area contributed by atoms with Crippen LogP contribution in [0.3, 0.4) is 0 Å². The van der Waals surface area contributed by atoms with Gasteiger partial charge in [-0.1, -0.05) is 17.7 Å². The third-order valence-electron chi connectivity index (χ3n) is 2.81. The summed E-state index contributed by atoms with van der Waals surface area (Å²) in [4.78, 5) is 10.9. The number of methoxy groups -OCH3 is 1. The van der Waals surface area contributed by atoms with Crippen LogP contribution in [0, 0.1) is 0 Å². The average molecular weight is 309 g/mol. The van der Waals surface area contributed by atoms with Gasteiger partial charge in [-0.15, -0.1) is 0 Å². The summed E-state index contributed by atoms with van der Waals surface area (Å²) in [5.41, 5.74) is 0.699. The standard InChI is InChI=1S/C15H13ClO5/c1-20-14-6-9(8-17)2-5-13(14)21-10-3-4-11(15(18)19)12(16)7-10/h2-7,17H,8H2,1H3,(H,18,19). The summed E-state index contributed by atoms with van der Waals surface area (Å²) in [6.45, 7) is -0.101. The van der Waals surface area contributed by atoms with Gasteiger partial charge < -0.3 is 19.7 Å². The molecule has 0 saturated carbocycles. The van der Waals surface area contributed by atoms with E-state index in [2.05, 4.69) is 0 Å². The van der Waals surface area contributed by atoms with Crippen molar-refractivity contribution in [2.24, 2.45) is 0 Å². The van der Waals surface area contributed by atoms with Gasteiger partial charge in [0.05, 0.1) is 24.3 Å². The molecule has 0 heterocycles. The number of rotatable bonds is 5. The molecule has 0 radical (unpaired) electrons. The Morgan fingerprint density at radius 3 is 2.52 bits per heavy atom. The maximum absolute atomic E-state index is 10.9. The predicted octanol–water partition coefficient (Wildman–Crippen LogP) is 3.33. The quantitative estimate of drug-likeness (QED) is 0.886. The Kier molecular flexibility index (Phi) is 4.67. The van der Waals surface area contributed by atoms with E-state index in [9.17, 15) is 4.79 Å². The van der Waals surface area contributed by atoms with E-state index in [1.165, 1.54) is 25.3 Å². The molecule has 6 heteroatoms. The number of carboxylic acid groups (broad SMARTS) is 1. The van der Waals surface area contributed by atoms with Gasteiger partial charge in [0.1, 0.15) is 5.75 Å². The fourth-order valence-electron chi connectivity index (χ4n) is 1.75. The first-order valence-electron chi connectivity index (χ1n) is 6.03. The lowest BCUT2D eigenvalue weighted by molar-refractivity contribution is 0.0697.